The first-order valence-electron chi connectivity index (χ1n) is 15.3. The number of nitrogens with zero attached hydrogens (tertiary/aromatic N) is 3. The Kier molecular flexibility index (Phi) is 10.6. The molecule has 4 rings (SSSR count). The molecule has 0 radical (unpaired) electrons. The van der Waals surface area contributed by atoms with Crippen LogP contribution in [0, 0.1) is 17.3 Å². The molecule has 0 aromatic heterocycles. The van der Waals surface area contributed by atoms with Gasteiger partial charge in [0.2, 0.25) is 0 Å². The average molecular weight is 643 g/mol. The maximum Gasteiger partial charge on any atom is 0.275 e. The van der Waals surface area contributed by atoms with Crippen LogP contribution < -0.4 is 22.4 Å². The Morgan fingerprint density at radius 2 is 1.73 bits per heavy atom. The van der Waals surface area contributed by atoms with Gasteiger partial charge >= 0.3 is 0 Å². The smallest absolute Gasteiger partial charge is 0.275 e. The third-order valence-electron chi connectivity index (χ3n) is 8.77. The van der Waals surface area contributed by atoms with Crippen molar-refractivity contribution in [1.82, 2.24) is 15.8 Å². The Hall–Kier alpha value is -3.14. The Balaban J connectivity index is 1.73. The number of hydrogen-bond acceptors (Lipinski definition) is 6. The van der Waals surface area contributed by atoms with Crippen molar-refractivity contribution in [3.63, 3.8) is 0 Å². The maximum atomic E-state index is 14.5. The van der Waals surface area contributed by atoms with E-state index in [2.05, 4.69) is 50.6 Å². The fourth-order valence-corrected chi connectivity index (χ4v) is 6.84. The van der Waals surface area contributed by atoms with Gasteiger partial charge in [-0.1, -0.05) is 70.0 Å². The van der Waals surface area contributed by atoms with Crippen LogP contribution in [0.15, 0.2) is 52.6 Å². The largest absolute Gasteiger partial charge is 0.384 e. The van der Waals surface area contributed by atoms with Crippen molar-refractivity contribution in [2.45, 2.75) is 84.8 Å². The monoisotopic (exact) mass is 641 g/mol. The van der Waals surface area contributed by atoms with Crippen LogP contribution in [-0.2, 0) is 4.79 Å². The average Bonchev–Trinajstić information content (AvgIpc) is 3.22. The second-order valence-electron chi connectivity index (χ2n) is 13.5. The second kappa shape index (κ2) is 13.9. The normalized spacial score (nSPS) is 21.5. The van der Waals surface area contributed by atoms with E-state index in [1.54, 1.807) is 30.3 Å². The third-order valence-corrected chi connectivity index (χ3v) is 9.21. The van der Waals surface area contributed by atoms with E-state index in [9.17, 15) is 9.59 Å². The Labute approximate surface area is 270 Å². The maximum absolute atomic E-state index is 14.5. The van der Waals surface area contributed by atoms with Gasteiger partial charge in [-0.2, -0.15) is 5.10 Å². The zero-order chi connectivity index (χ0) is 32.2. The lowest BCUT2D eigenvalue weighted by molar-refractivity contribution is -0.133. The number of carbonyl (C=O) groups excluding carboxylic acids is 2. The number of benzene rings is 2. The number of nitrogens with one attached hydrogen (secondary N) is 2. The van der Waals surface area contributed by atoms with E-state index in [0.717, 1.165) is 44.1 Å². The van der Waals surface area contributed by atoms with Crippen molar-refractivity contribution in [3.8, 4) is 0 Å². The van der Waals surface area contributed by atoms with E-state index in [1.807, 2.05) is 17.0 Å². The SMILES string of the molecule is CC(C)C1CCC2(CC1)N=C(c1cc(Cl)cc(Cl)c1)C(=O)N2C(CCC(C)(C)C)c1ccc(C(=O)NC/C(N)=N/NN)cc1. The quantitative estimate of drug-likeness (QED) is 0.106. The number of hydrazine groups is 1. The summed E-state index contributed by atoms with van der Waals surface area (Å²) < 4.78 is 0. The van der Waals surface area contributed by atoms with Crippen molar-refractivity contribution in [3.05, 3.63) is 69.2 Å². The van der Waals surface area contributed by atoms with Crippen molar-refractivity contribution < 1.29 is 9.59 Å². The highest BCUT2D eigenvalue weighted by atomic mass is 35.5. The highest BCUT2D eigenvalue weighted by molar-refractivity contribution is 6.47. The number of hydrazone groups is 1. The van der Waals surface area contributed by atoms with Gasteiger partial charge in [-0.15, -0.1) is 0 Å². The predicted octanol–water partition coefficient (Wildman–Crippen LogP) is 6.20. The Bertz CT molecular complexity index is 1390. The van der Waals surface area contributed by atoms with E-state index in [4.69, 9.17) is 39.8 Å². The lowest BCUT2D eigenvalue weighted by Crippen LogP contribution is -2.51. The summed E-state index contributed by atoms with van der Waals surface area (Å²) in [5, 5.41) is 7.32. The van der Waals surface area contributed by atoms with E-state index < -0.39 is 5.66 Å². The lowest BCUT2D eigenvalue weighted by atomic mass is 9.75. The topological polar surface area (TPSA) is 138 Å². The molecule has 238 valence electrons. The predicted molar refractivity (Wildman–Crippen MR) is 179 cm³/mol. The molecule has 1 saturated carbocycles. The fraction of sp³-hybridized carbons (Fsp3) is 0.515. The van der Waals surface area contributed by atoms with Crippen molar-refractivity contribution in [2.75, 3.05) is 6.54 Å². The first-order valence-corrected chi connectivity index (χ1v) is 16.0. The van der Waals surface area contributed by atoms with E-state index >= 15 is 0 Å². The summed E-state index contributed by atoms with van der Waals surface area (Å²) in [5.74, 6) is 6.05. The van der Waals surface area contributed by atoms with Crippen LogP contribution in [0.1, 0.15) is 101 Å². The highest BCUT2D eigenvalue weighted by Gasteiger charge is 2.52. The zero-order valence-corrected chi connectivity index (χ0v) is 27.8. The van der Waals surface area contributed by atoms with Gasteiger partial charge in [0.15, 0.2) is 0 Å². The van der Waals surface area contributed by atoms with Gasteiger partial charge in [0.05, 0.1) is 12.6 Å². The van der Waals surface area contributed by atoms with Crippen LogP contribution in [0.5, 0.6) is 0 Å². The number of hydrogen-bond donors (Lipinski definition) is 4. The van der Waals surface area contributed by atoms with E-state index in [0.29, 0.717) is 38.7 Å². The van der Waals surface area contributed by atoms with Gasteiger partial charge in [0.25, 0.3) is 11.8 Å². The Morgan fingerprint density at radius 1 is 1.11 bits per heavy atom. The highest BCUT2D eigenvalue weighted by Crippen LogP contribution is 2.48. The van der Waals surface area contributed by atoms with Gasteiger partial charge in [-0.05, 0) is 91.7 Å². The summed E-state index contributed by atoms with van der Waals surface area (Å²) in [6.45, 7) is 11.2. The summed E-state index contributed by atoms with van der Waals surface area (Å²) in [7, 11) is 0. The minimum atomic E-state index is -0.668. The van der Waals surface area contributed by atoms with Gasteiger partial charge in [-0.25, -0.2) is 11.4 Å². The number of halogens is 2. The van der Waals surface area contributed by atoms with Crippen molar-refractivity contribution >= 4 is 46.6 Å². The molecule has 1 aliphatic carbocycles. The summed E-state index contributed by atoms with van der Waals surface area (Å²) in [4.78, 5) is 34.6. The summed E-state index contributed by atoms with van der Waals surface area (Å²) in [5.41, 5.74) is 9.68. The molecular weight excluding hydrogens is 597 g/mol. The zero-order valence-electron chi connectivity index (χ0n) is 26.3. The third kappa shape index (κ3) is 7.92. The molecule has 1 aliphatic heterocycles. The van der Waals surface area contributed by atoms with Crippen molar-refractivity contribution in [2.24, 2.45) is 38.9 Å². The molecule has 2 amide bonds. The summed E-state index contributed by atoms with van der Waals surface area (Å²) in [6, 6.07) is 12.4. The van der Waals surface area contributed by atoms with E-state index in [1.165, 1.54) is 0 Å². The van der Waals surface area contributed by atoms with Crippen LogP contribution in [0.3, 0.4) is 0 Å². The molecule has 11 heteroatoms. The van der Waals surface area contributed by atoms with Gasteiger partial charge < -0.3 is 16.0 Å². The van der Waals surface area contributed by atoms with Crippen LogP contribution in [0.25, 0.3) is 0 Å². The number of nitrogens with two attached hydrogens (primary N) is 2. The number of aliphatic imine (C=N–C) groups is 1. The molecule has 2 aromatic carbocycles. The molecule has 1 atom stereocenters. The summed E-state index contributed by atoms with van der Waals surface area (Å²) in [6.07, 6.45) is 5.19. The van der Waals surface area contributed by atoms with Crippen molar-refractivity contribution in [1.29, 1.82) is 0 Å². The van der Waals surface area contributed by atoms with Crippen LogP contribution in [0.2, 0.25) is 10.0 Å². The number of rotatable bonds is 10. The molecule has 0 bridgehead atoms. The first-order chi connectivity index (χ1) is 20.7. The fourth-order valence-electron chi connectivity index (χ4n) is 6.31. The number of amidine groups is 1. The van der Waals surface area contributed by atoms with Crippen LogP contribution in [0.4, 0.5) is 0 Å². The molecule has 6 N–H and O–H groups in total. The molecule has 1 fully saturated rings. The van der Waals surface area contributed by atoms with Gasteiger partial charge in [0, 0.05) is 21.2 Å². The van der Waals surface area contributed by atoms with Crippen LogP contribution in [-0.4, -0.2) is 40.5 Å². The molecule has 0 saturated heterocycles. The number of carbonyl (C=O) groups is 2. The molecule has 9 nitrogen and oxygen atoms in total. The second-order valence-corrected chi connectivity index (χ2v) is 14.4. The van der Waals surface area contributed by atoms with Gasteiger partial charge in [-0.3, -0.25) is 14.6 Å². The molecule has 44 heavy (non-hydrogen) atoms. The molecule has 1 spiro atoms. The lowest BCUT2D eigenvalue weighted by Gasteiger charge is -2.46. The molecular formula is C33H45Cl2N7O2. The summed E-state index contributed by atoms with van der Waals surface area (Å²) >= 11 is 12.8. The van der Waals surface area contributed by atoms with Gasteiger partial charge in [0.1, 0.15) is 17.2 Å². The molecule has 1 heterocycles. The minimum Gasteiger partial charge on any atom is -0.384 e. The first kappa shape index (κ1) is 33.7. The number of amides is 2. The standard InChI is InChI=1S/C33H45Cl2N7O2/c1-20(2)21-10-14-33(15-11-21)39-29(24-16-25(34)18-26(35)17-24)31(44)42(33)27(12-13-32(3,4)5)22-6-8-23(9-7-22)30(43)38-19-28(36)40-41-37/h6-9,16-18,20-21,27,41H,10-15,19,37H2,1-5H3,(H2,36,40)(H,38,43). The minimum absolute atomic E-state index is 0.0490. The molecule has 2 aromatic rings. The van der Waals surface area contributed by atoms with E-state index in [-0.39, 0.29) is 35.7 Å². The molecule has 2 aliphatic rings. The molecule has 1 unspecified atom stereocenters. The van der Waals surface area contributed by atoms with Crippen LogP contribution >= 0.6 is 23.2 Å². The Morgan fingerprint density at radius 3 is 2.27 bits per heavy atom.